The topological polar surface area (TPSA) is 31.9 Å². The molecule has 94 valence electrons. The molecule has 17 heavy (non-hydrogen) atoms. The Kier molecular flexibility index (Phi) is 2.74. The Bertz CT molecular complexity index is 410. The van der Waals surface area contributed by atoms with Gasteiger partial charge in [0.25, 0.3) is 0 Å². The van der Waals surface area contributed by atoms with E-state index in [0.29, 0.717) is 0 Å². The summed E-state index contributed by atoms with van der Waals surface area (Å²) in [5.74, 6) is 1.73. The summed E-state index contributed by atoms with van der Waals surface area (Å²) in [6, 6.07) is 0.774. The first-order chi connectivity index (χ1) is 8.20. The maximum atomic E-state index is 4.39. The first-order valence-electron chi connectivity index (χ1n) is 6.93. The molecule has 0 amide bonds. The Morgan fingerprint density at radius 1 is 1.41 bits per heavy atom. The summed E-state index contributed by atoms with van der Waals surface area (Å²) in [4.78, 5) is 2.57. The summed E-state index contributed by atoms with van der Waals surface area (Å²) in [5, 5.41) is 7.63. The molecule has 3 nitrogen and oxygen atoms in total. The van der Waals surface area contributed by atoms with Gasteiger partial charge in [-0.2, -0.15) is 5.10 Å². The van der Waals surface area contributed by atoms with Gasteiger partial charge in [-0.1, -0.05) is 6.92 Å². The molecule has 0 aromatic carbocycles. The highest BCUT2D eigenvalue weighted by atomic mass is 15.2. The normalized spacial score (nSPS) is 33.2. The van der Waals surface area contributed by atoms with Crippen LogP contribution in [0.2, 0.25) is 0 Å². The van der Waals surface area contributed by atoms with Crippen molar-refractivity contribution in [1.82, 2.24) is 15.1 Å². The number of hydrogen-bond donors (Lipinski definition) is 1. The lowest BCUT2D eigenvalue weighted by atomic mass is 9.69. The summed E-state index contributed by atoms with van der Waals surface area (Å²) >= 11 is 0. The van der Waals surface area contributed by atoms with Gasteiger partial charge in [0.1, 0.15) is 0 Å². The Morgan fingerprint density at radius 2 is 2.24 bits per heavy atom. The number of nitrogens with one attached hydrogen (secondary N) is 1. The van der Waals surface area contributed by atoms with Gasteiger partial charge in [0, 0.05) is 11.7 Å². The van der Waals surface area contributed by atoms with Crippen LogP contribution in [0.1, 0.15) is 36.7 Å². The Hall–Kier alpha value is -0.830. The van der Waals surface area contributed by atoms with Crippen LogP contribution in [-0.2, 0) is 12.8 Å². The maximum Gasteiger partial charge on any atom is 0.0626 e. The molecule has 0 saturated carbocycles. The van der Waals surface area contributed by atoms with Crippen molar-refractivity contribution in [3.63, 3.8) is 0 Å². The predicted molar refractivity (Wildman–Crippen MR) is 69.0 cm³/mol. The van der Waals surface area contributed by atoms with Crippen LogP contribution < -0.4 is 0 Å². The molecule has 1 aliphatic carbocycles. The number of nitrogens with zero attached hydrogens (tertiary/aromatic N) is 2. The third-order valence-electron chi connectivity index (χ3n) is 5.00. The monoisotopic (exact) mass is 233 g/mol. The van der Waals surface area contributed by atoms with Crippen molar-refractivity contribution in [2.45, 2.75) is 45.6 Å². The third-order valence-corrected chi connectivity index (χ3v) is 5.00. The van der Waals surface area contributed by atoms with Crippen molar-refractivity contribution in [2.24, 2.45) is 11.8 Å². The Labute approximate surface area is 104 Å². The molecule has 0 bridgehead atoms. The Morgan fingerprint density at radius 3 is 3.00 bits per heavy atom. The van der Waals surface area contributed by atoms with Crippen molar-refractivity contribution in [1.29, 1.82) is 0 Å². The average Bonchev–Trinajstić information content (AvgIpc) is 2.68. The predicted octanol–water partition coefficient (Wildman–Crippen LogP) is 2.16. The second kappa shape index (κ2) is 4.13. The van der Waals surface area contributed by atoms with E-state index in [4.69, 9.17) is 0 Å². The molecule has 1 aliphatic heterocycles. The minimum atomic E-state index is 0.774. The number of rotatable bonds is 1. The van der Waals surface area contributed by atoms with E-state index in [1.807, 2.05) is 0 Å². The number of H-pyrrole nitrogens is 1. The van der Waals surface area contributed by atoms with Crippen LogP contribution in [-0.4, -0.2) is 34.7 Å². The molecule has 2 heterocycles. The van der Waals surface area contributed by atoms with Gasteiger partial charge in [0.05, 0.1) is 5.69 Å². The zero-order valence-electron chi connectivity index (χ0n) is 11.2. The van der Waals surface area contributed by atoms with Crippen LogP contribution in [0.4, 0.5) is 0 Å². The van der Waals surface area contributed by atoms with E-state index < -0.39 is 0 Å². The molecule has 0 spiro atoms. The SMILES string of the molecule is CC[C@@H]1C2Cc3c(C)n[nH]c3C[C@@H]2CCN1C. The van der Waals surface area contributed by atoms with Crippen molar-refractivity contribution >= 4 is 0 Å². The van der Waals surface area contributed by atoms with Crippen LogP contribution in [0.5, 0.6) is 0 Å². The quantitative estimate of drug-likeness (QED) is 0.806. The second-order valence-corrected chi connectivity index (χ2v) is 5.84. The van der Waals surface area contributed by atoms with Crippen LogP contribution in [0.25, 0.3) is 0 Å². The summed E-state index contributed by atoms with van der Waals surface area (Å²) in [7, 11) is 2.29. The highest BCUT2D eigenvalue weighted by Gasteiger charge is 2.39. The standard InChI is InChI=1S/C14H23N3/c1-4-14-12-8-11-9(2)15-16-13(11)7-10(12)5-6-17(14)3/h10,12,14H,4-8H2,1-3H3,(H,15,16)/t10-,12?,14+/m0/s1. The summed E-state index contributed by atoms with van der Waals surface area (Å²) in [6.07, 6.45) is 5.11. The molecular formula is C14H23N3. The summed E-state index contributed by atoms with van der Waals surface area (Å²) in [6.45, 7) is 5.74. The minimum Gasteiger partial charge on any atom is -0.303 e. The smallest absolute Gasteiger partial charge is 0.0626 e. The highest BCUT2D eigenvalue weighted by Crippen LogP contribution is 2.39. The lowest BCUT2D eigenvalue weighted by Gasteiger charge is -2.46. The molecule has 1 saturated heterocycles. The maximum absolute atomic E-state index is 4.39. The molecule has 1 aromatic rings. The van der Waals surface area contributed by atoms with Gasteiger partial charge in [0.15, 0.2) is 0 Å². The van der Waals surface area contributed by atoms with E-state index in [9.17, 15) is 0 Å². The fourth-order valence-corrected chi connectivity index (χ4v) is 4.00. The van der Waals surface area contributed by atoms with Crippen molar-refractivity contribution in [2.75, 3.05) is 13.6 Å². The zero-order chi connectivity index (χ0) is 12.0. The molecule has 0 radical (unpaired) electrons. The molecule has 3 rings (SSSR count). The molecule has 1 aromatic heterocycles. The van der Waals surface area contributed by atoms with E-state index in [1.54, 1.807) is 0 Å². The first-order valence-corrected chi connectivity index (χ1v) is 6.93. The van der Waals surface area contributed by atoms with Crippen LogP contribution in [0.3, 0.4) is 0 Å². The van der Waals surface area contributed by atoms with Gasteiger partial charge in [-0.3, -0.25) is 5.10 Å². The highest BCUT2D eigenvalue weighted by molar-refractivity contribution is 5.29. The van der Waals surface area contributed by atoms with Gasteiger partial charge in [-0.05, 0) is 63.6 Å². The number of hydrogen-bond acceptors (Lipinski definition) is 2. The van der Waals surface area contributed by atoms with Crippen molar-refractivity contribution < 1.29 is 0 Å². The van der Waals surface area contributed by atoms with Gasteiger partial charge >= 0.3 is 0 Å². The number of piperidine rings is 1. The van der Waals surface area contributed by atoms with Crippen molar-refractivity contribution in [3.8, 4) is 0 Å². The van der Waals surface area contributed by atoms with Crippen LogP contribution in [0.15, 0.2) is 0 Å². The largest absolute Gasteiger partial charge is 0.303 e. The summed E-state index contributed by atoms with van der Waals surface area (Å²) < 4.78 is 0. The fourth-order valence-electron chi connectivity index (χ4n) is 4.00. The van der Waals surface area contributed by atoms with E-state index in [-0.39, 0.29) is 0 Å². The zero-order valence-corrected chi connectivity index (χ0v) is 11.2. The molecule has 1 unspecified atom stereocenters. The minimum absolute atomic E-state index is 0.774. The first kappa shape index (κ1) is 11.3. The summed E-state index contributed by atoms with van der Waals surface area (Å²) in [5.41, 5.74) is 4.16. The average molecular weight is 233 g/mol. The third kappa shape index (κ3) is 1.71. The number of likely N-dealkylation sites (tertiary alicyclic amines) is 1. The van der Waals surface area contributed by atoms with Gasteiger partial charge in [0.2, 0.25) is 0 Å². The van der Waals surface area contributed by atoms with Crippen LogP contribution >= 0.6 is 0 Å². The molecule has 1 fully saturated rings. The number of aromatic nitrogens is 2. The molecular weight excluding hydrogens is 210 g/mol. The lowest BCUT2D eigenvalue weighted by molar-refractivity contribution is 0.0596. The second-order valence-electron chi connectivity index (χ2n) is 5.84. The van der Waals surface area contributed by atoms with E-state index in [0.717, 1.165) is 17.9 Å². The Balaban J connectivity index is 1.91. The van der Waals surface area contributed by atoms with Gasteiger partial charge < -0.3 is 4.90 Å². The fraction of sp³-hybridized carbons (Fsp3) is 0.786. The van der Waals surface area contributed by atoms with E-state index in [1.165, 1.54) is 49.2 Å². The van der Waals surface area contributed by atoms with Gasteiger partial charge in [-0.15, -0.1) is 0 Å². The van der Waals surface area contributed by atoms with Crippen LogP contribution in [0, 0.1) is 18.8 Å². The molecule has 2 aliphatic rings. The van der Waals surface area contributed by atoms with E-state index >= 15 is 0 Å². The molecule has 1 N–H and O–H groups in total. The molecule has 3 heteroatoms. The lowest BCUT2D eigenvalue weighted by Crippen LogP contribution is -2.49. The number of aromatic amines is 1. The van der Waals surface area contributed by atoms with Crippen molar-refractivity contribution in [3.05, 3.63) is 17.0 Å². The van der Waals surface area contributed by atoms with Gasteiger partial charge in [-0.25, -0.2) is 0 Å². The van der Waals surface area contributed by atoms with E-state index in [2.05, 4.69) is 36.0 Å². The number of aryl methyl sites for hydroxylation is 1. The number of fused-ring (bicyclic) bond motifs is 2. The molecule has 3 atom stereocenters.